The third kappa shape index (κ3) is 4.90. The van der Waals surface area contributed by atoms with Crippen LogP contribution in [-0.2, 0) is 6.54 Å². The first-order valence-electron chi connectivity index (χ1n) is 3.88. The minimum absolute atomic E-state index is 0.0125. The molecule has 5 heteroatoms. The van der Waals surface area contributed by atoms with Crippen molar-refractivity contribution in [1.29, 1.82) is 0 Å². The van der Waals surface area contributed by atoms with Crippen LogP contribution in [-0.4, -0.2) is 12.7 Å². The minimum Gasteiger partial charge on any atom is -0.312 e. The van der Waals surface area contributed by atoms with E-state index in [9.17, 15) is 13.2 Å². The average molecular weight is 209 g/mol. The molecule has 1 N–H and O–H groups in total. The first-order chi connectivity index (χ1) is 6.08. The predicted octanol–water partition coefficient (Wildman–Crippen LogP) is 2.79. The summed E-state index contributed by atoms with van der Waals surface area (Å²) < 4.78 is 35.1. The van der Waals surface area contributed by atoms with Crippen LogP contribution in [0.1, 0.15) is 11.3 Å². The Morgan fingerprint density at radius 3 is 2.69 bits per heavy atom. The van der Waals surface area contributed by atoms with E-state index in [-0.39, 0.29) is 6.54 Å². The van der Waals surface area contributed by atoms with Crippen LogP contribution in [0.25, 0.3) is 0 Å². The quantitative estimate of drug-likeness (QED) is 0.752. The zero-order valence-electron chi connectivity index (χ0n) is 6.90. The van der Waals surface area contributed by atoms with Crippen molar-refractivity contribution in [1.82, 2.24) is 5.32 Å². The average Bonchev–Trinajstić information content (AvgIpc) is 2.48. The molecular formula is C8H10F3NS. The molecule has 1 aromatic heterocycles. The Labute approximate surface area is 78.6 Å². The summed E-state index contributed by atoms with van der Waals surface area (Å²) in [5.74, 6) is 0. The van der Waals surface area contributed by atoms with Gasteiger partial charge in [-0.05, 0) is 11.4 Å². The maximum absolute atomic E-state index is 11.7. The molecule has 0 aromatic carbocycles. The molecule has 1 rings (SSSR count). The van der Waals surface area contributed by atoms with Crippen LogP contribution in [0.4, 0.5) is 13.2 Å². The summed E-state index contributed by atoms with van der Waals surface area (Å²) in [6, 6.07) is 3.77. The lowest BCUT2D eigenvalue weighted by molar-refractivity contribution is -0.133. The smallest absolute Gasteiger partial charge is 0.312 e. The molecule has 0 unspecified atom stereocenters. The van der Waals surface area contributed by atoms with E-state index in [0.717, 1.165) is 4.88 Å². The summed E-state index contributed by atoms with van der Waals surface area (Å²) in [5.41, 5.74) is 0. The second kappa shape index (κ2) is 4.62. The van der Waals surface area contributed by atoms with E-state index in [1.807, 2.05) is 17.5 Å². The normalized spacial score (nSPS) is 11.9. The minimum atomic E-state index is -4.05. The Hall–Kier alpha value is -0.550. The van der Waals surface area contributed by atoms with Crippen molar-refractivity contribution in [2.75, 3.05) is 6.54 Å². The van der Waals surface area contributed by atoms with Gasteiger partial charge < -0.3 is 5.32 Å². The highest BCUT2D eigenvalue weighted by molar-refractivity contribution is 7.09. The van der Waals surface area contributed by atoms with E-state index in [1.165, 1.54) is 11.3 Å². The first-order valence-corrected chi connectivity index (χ1v) is 4.76. The van der Waals surface area contributed by atoms with Crippen LogP contribution in [0, 0.1) is 0 Å². The van der Waals surface area contributed by atoms with Crippen molar-refractivity contribution < 1.29 is 13.2 Å². The summed E-state index contributed by atoms with van der Waals surface area (Å²) in [6.07, 6.45) is -4.82. The molecule has 0 aliphatic heterocycles. The Kier molecular flexibility index (Phi) is 3.74. The SMILES string of the molecule is FC(F)(F)CCNCc1cccs1. The van der Waals surface area contributed by atoms with Crippen molar-refractivity contribution in [3.05, 3.63) is 22.4 Å². The molecule has 0 atom stereocenters. The van der Waals surface area contributed by atoms with Gasteiger partial charge in [0.05, 0.1) is 6.42 Å². The number of halogens is 3. The fraction of sp³-hybridized carbons (Fsp3) is 0.500. The van der Waals surface area contributed by atoms with Crippen LogP contribution >= 0.6 is 11.3 Å². The van der Waals surface area contributed by atoms with Gasteiger partial charge in [0.1, 0.15) is 0 Å². The molecule has 1 nitrogen and oxygen atoms in total. The molecule has 1 heterocycles. The molecule has 0 radical (unpaired) electrons. The number of hydrogen-bond donors (Lipinski definition) is 1. The predicted molar refractivity (Wildman–Crippen MR) is 46.7 cm³/mol. The van der Waals surface area contributed by atoms with Crippen LogP contribution in [0.15, 0.2) is 17.5 Å². The topological polar surface area (TPSA) is 12.0 Å². The zero-order chi connectivity index (χ0) is 9.73. The zero-order valence-corrected chi connectivity index (χ0v) is 7.71. The second-order valence-electron chi connectivity index (χ2n) is 2.62. The van der Waals surface area contributed by atoms with Crippen LogP contribution in [0.3, 0.4) is 0 Å². The molecule has 13 heavy (non-hydrogen) atoms. The molecule has 0 amide bonds. The highest BCUT2D eigenvalue weighted by Crippen LogP contribution is 2.18. The highest BCUT2D eigenvalue weighted by Gasteiger charge is 2.25. The molecule has 0 fully saturated rings. The van der Waals surface area contributed by atoms with Crippen LogP contribution in [0.2, 0.25) is 0 Å². The first kappa shape index (κ1) is 10.5. The maximum atomic E-state index is 11.7. The standard InChI is InChI=1S/C8H10F3NS/c9-8(10,11)3-4-12-6-7-2-1-5-13-7/h1-2,5,12H,3-4,6H2. The van der Waals surface area contributed by atoms with E-state index >= 15 is 0 Å². The summed E-state index contributed by atoms with van der Waals surface area (Å²) in [7, 11) is 0. The van der Waals surface area contributed by atoms with Gasteiger partial charge in [-0.25, -0.2) is 0 Å². The van der Waals surface area contributed by atoms with E-state index in [2.05, 4.69) is 5.32 Å². The summed E-state index contributed by atoms with van der Waals surface area (Å²) in [6.45, 7) is 0.509. The Balaban J connectivity index is 2.09. The molecular weight excluding hydrogens is 199 g/mol. The van der Waals surface area contributed by atoms with Gasteiger partial charge >= 0.3 is 6.18 Å². The number of nitrogens with one attached hydrogen (secondary N) is 1. The molecule has 0 aliphatic rings. The van der Waals surface area contributed by atoms with E-state index in [1.54, 1.807) is 0 Å². The van der Waals surface area contributed by atoms with E-state index in [0.29, 0.717) is 6.54 Å². The largest absolute Gasteiger partial charge is 0.390 e. The number of alkyl halides is 3. The van der Waals surface area contributed by atoms with Gasteiger partial charge in [0.25, 0.3) is 0 Å². The van der Waals surface area contributed by atoms with Crippen molar-refractivity contribution in [3.8, 4) is 0 Å². The summed E-state index contributed by atoms with van der Waals surface area (Å²) in [5, 5.41) is 4.64. The monoisotopic (exact) mass is 209 g/mol. The fourth-order valence-corrected chi connectivity index (χ4v) is 1.53. The second-order valence-corrected chi connectivity index (χ2v) is 3.65. The molecule has 0 saturated carbocycles. The lowest BCUT2D eigenvalue weighted by atomic mass is 10.4. The summed E-state index contributed by atoms with van der Waals surface area (Å²) >= 11 is 1.54. The van der Waals surface area contributed by atoms with Gasteiger partial charge in [0, 0.05) is 18.0 Å². The van der Waals surface area contributed by atoms with E-state index in [4.69, 9.17) is 0 Å². The molecule has 0 aliphatic carbocycles. The third-order valence-corrected chi connectivity index (χ3v) is 2.34. The lowest BCUT2D eigenvalue weighted by Gasteiger charge is -2.06. The Bertz CT molecular complexity index is 230. The summed E-state index contributed by atoms with van der Waals surface area (Å²) in [4.78, 5) is 1.06. The van der Waals surface area contributed by atoms with Crippen molar-refractivity contribution in [3.63, 3.8) is 0 Å². The molecule has 0 bridgehead atoms. The van der Waals surface area contributed by atoms with Gasteiger partial charge in [-0.15, -0.1) is 11.3 Å². The number of thiophene rings is 1. The maximum Gasteiger partial charge on any atom is 0.390 e. The highest BCUT2D eigenvalue weighted by atomic mass is 32.1. The Morgan fingerprint density at radius 2 is 2.15 bits per heavy atom. The lowest BCUT2D eigenvalue weighted by Crippen LogP contribution is -2.20. The Morgan fingerprint density at radius 1 is 1.38 bits per heavy atom. The van der Waals surface area contributed by atoms with Gasteiger partial charge in [0.15, 0.2) is 0 Å². The molecule has 0 spiro atoms. The van der Waals surface area contributed by atoms with Crippen LogP contribution < -0.4 is 5.32 Å². The van der Waals surface area contributed by atoms with Gasteiger partial charge in [0.2, 0.25) is 0 Å². The van der Waals surface area contributed by atoms with Gasteiger partial charge in [-0.1, -0.05) is 6.07 Å². The molecule has 0 saturated heterocycles. The van der Waals surface area contributed by atoms with Gasteiger partial charge in [-0.2, -0.15) is 13.2 Å². The van der Waals surface area contributed by atoms with Crippen molar-refractivity contribution >= 4 is 11.3 Å². The molecule has 74 valence electrons. The van der Waals surface area contributed by atoms with E-state index < -0.39 is 12.6 Å². The van der Waals surface area contributed by atoms with Gasteiger partial charge in [-0.3, -0.25) is 0 Å². The van der Waals surface area contributed by atoms with Crippen molar-refractivity contribution in [2.45, 2.75) is 19.1 Å². The number of rotatable bonds is 4. The molecule has 1 aromatic rings. The fourth-order valence-electron chi connectivity index (χ4n) is 0.855. The number of hydrogen-bond acceptors (Lipinski definition) is 2. The van der Waals surface area contributed by atoms with Crippen LogP contribution in [0.5, 0.6) is 0 Å². The van der Waals surface area contributed by atoms with Crippen molar-refractivity contribution in [2.24, 2.45) is 0 Å². The third-order valence-electron chi connectivity index (χ3n) is 1.46.